The average molecular weight is 392 g/mol. The van der Waals surface area contributed by atoms with Crippen LogP contribution in [0.4, 0.5) is 10.2 Å². The molecule has 0 saturated heterocycles. The first-order chi connectivity index (χ1) is 12.5. The Morgan fingerprint density at radius 1 is 1.12 bits per heavy atom. The van der Waals surface area contributed by atoms with Crippen LogP contribution >= 0.6 is 23.2 Å². The molecule has 0 fully saturated rings. The molecule has 4 nitrogen and oxygen atoms in total. The van der Waals surface area contributed by atoms with Crippen molar-refractivity contribution in [1.82, 2.24) is 9.78 Å². The van der Waals surface area contributed by atoms with Gasteiger partial charge in [0.25, 0.3) is 5.91 Å². The van der Waals surface area contributed by atoms with E-state index >= 15 is 0 Å². The average Bonchev–Trinajstić information content (AvgIpc) is 3.05. The maximum atomic E-state index is 13.6. The van der Waals surface area contributed by atoms with Gasteiger partial charge in [-0.05, 0) is 29.7 Å². The number of hydrogen-bond donors (Lipinski definition) is 1. The van der Waals surface area contributed by atoms with Gasteiger partial charge < -0.3 is 5.32 Å². The highest BCUT2D eigenvalue weighted by Crippen LogP contribution is 2.25. The van der Waals surface area contributed by atoms with Crippen LogP contribution in [0.25, 0.3) is 0 Å². The van der Waals surface area contributed by atoms with Crippen molar-refractivity contribution >= 4 is 34.9 Å². The molecule has 0 aliphatic rings. The number of carbonyl (C=O) groups is 1. The van der Waals surface area contributed by atoms with Gasteiger partial charge in [-0.25, -0.2) is 9.07 Å². The summed E-state index contributed by atoms with van der Waals surface area (Å²) in [6, 6.07) is 12.1. The Morgan fingerprint density at radius 2 is 1.81 bits per heavy atom. The van der Waals surface area contributed by atoms with E-state index in [1.165, 1.54) is 11.6 Å². The molecular weight excluding hydrogens is 376 g/mol. The van der Waals surface area contributed by atoms with Gasteiger partial charge in [-0.1, -0.05) is 54.4 Å². The van der Waals surface area contributed by atoms with E-state index in [9.17, 15) is 9.18 Å². The number of halogens is 3. The second kappa shape index (κ2) is 7.89. The van der Waals surface area contributed by atoms with Gasteiger partial charge in [-0.15, -0.1) is 0 Å². The second-order valence-electron chi connectivity index (χ2n) is 5.74. The van der Waals surface area contributed by atoms with Crippen molar-refractivity contribution in [1.29, 1.82) is 0 Å². The molecule has 2 aromatic carbocycles. The highest BCUT2D eigenvalue weighted by molar-refractivity contribution is 6.37. The third-order valence-corrected chi connectivity index (χ3v) is 4.58. The number of rotatable bonds is 5. The molecule has 26 heavy (non-hydrogen) atoms. The van der Waals surface area contributed by atoms with Gasteiger partial charge in [0.15, 0.2) is 0 Å². The van der Waals surface area contributed by atoms with E-state index in [4.69, 9.17) is 23.2 Å². The van der Waals surface area contributed by atoms with Crippen molar-refractivity contribution in [2.75, 3.05) is 5.32 Å². The highest BCUT2D eigenvalue weighted by Gasteiger charge is 2.16. The number of aryl methyl sites for hydroxylation is 1. The van der Waals surface area contributed by atoms with Crippen molar-refractivity contribution in [2.45, 2.75) is 19.9 Å². The van der Waals surface area contributed by atoms with Crippen molar-refractivity contribution < 1.29 is 9.18 Å². The summed E-state index contributed by atoms with van der Waals surface area (Å²) in [5, 5.41) is 6.88. The molecule has 3 aromatic rings. The Balaban J connectivity index is 1.78. The standard InChI is InChI=1S/C19H16Cl2FN3O/c1-2-12-3-5-13(6-4-12)11-25-18(7-8-23-25)24-19(26)14-9-17(22)16(21)10-15(14)20/h3-10H,2,11H2,1H3,(H,24,26). The number of hydrogen-bond acceptors (Lipinski definition) is 2. The molecule has 0 bridgehead atoms. The molecule has 1 aromatic heterocycles. The fraction of sp³-hybridized carbons (Fsp3) is 0.158. The van der Waals surface area contributed by atoms with Crippen LogP contribution in [-0.2, 0) is 13.0 Å². The molecule has 0 radical (unpaired) electrons. The predicted molar refractivity (Wildman–Crippen MR) is 102 cm³/mol. The maximum absolute atomic E-state index is 13.6. The molecular formula is C19H16Cl2FN3O. The normalized spacial score (nSPS) is 10.8. The Kier molecular flexibility index (Phi) is 5.59. The number of carbonyl (C=O) groups excluding carboxylic acids is 1. The van der Waals surface area contributed by atoms with Gasteiger partial charge in [0, 0.05) is 6.07 Å². The molecule has 0 aliphatic heterocycles. The van der Waals surface area contributed by atoms with Gasteiger partial charge in [-0.2, -0.15) is 5.10 Å². The lowest BCUT2D eigenvalue weighted by Gasteiger charge is -2.11. The molecule has 1 N–H and O–H groups in total. The Morgan fingerprint density at radius 3 is 2.50 bits per heavy atom. The first kappa shape index (κ1) is 18.4. The summed E-state index contributed by atoms with van der Waals surface area (Å²) < 4.78 is 15.3. The molecule has 1 amide bonds. The molecule has 7 heteroatoms. The quantitative estimate of drug-likeness (QED) is 0.608. The summed E-state index contributed by atoms with van der Waals surface area (Å²) in [5.41, 5.74) is 2.31. The summed E-state index contributed by atoms with van der Waals surface area (Å²) in [6.07, 6.45) is 2.56. The lowest BCUT2D eigenvalue weighted by Crippen LogP contribution is -2.17. The van der Waals surface area contributed by atoms with Gasteiger partial charge in [-0.3, -0.25) is 4.79 Å². The van der Waals surface area contributed by atoms with Crippen molar-refractivity contribution in [3.63, 3.8) is 0 Å². The van der Waals surface area contributed by atoms with Crippen molar-refractivity contribution in [2.24, 2.45) is 0 Å². The number of benzene rings is 2. The van der Waals surface area contributed by atoms with E-state index in [1.807, 2.05) is 12.1 Å². The minimum atomic E-state index is -0.703. The van der Waals surface area contributed by atoms with Gasteiger partial charge in [0.05, 0.1) is 28.4 Å². The molecule has 0 spiro atoms. The highest BCUT2D eigenvalue weighted by atomic mass is 35.5. The van der Waals surface area contributed by atoms with Gasteiger partial charge in [0.2, 0.25) is 0 Å². The summed E-state index contributed by atoms with van der Waals surface area (Å²) >= 11 is 11.7. The topological polar surface area (TPSA) is 46.9 Å². The minimum Gasteiger partial charge on any atom is -0.307 e. The molecule has 134 valence electrons. The smallest absolute Gasteiger partial charge is 0.258 e. The van der Waals surface area contributed by atoms with Crippen molar-refractivity contribution in [3.8, 4) is 0 Å². The molecule has 0 aliphatic carbocycles. The number of nitrogens with one attached hydrogen (secondary N) is 1. The van der Waals surface area contributed by atoms with Crippen LogP contribution in [0.1, 0.15) is 28.4 Å². The van der Waals surface area contributed by atoms with Crippen LogP contribution in [0, 0.1) is 5.82 Å². The predicted octanol–water partition coefficient (Wildman–Crippen LogP) is 5.19. The Bertz CT molecular complexity index is 938. The fourth-order valence-electron chi connectivity index (χ4n) is 2.50. The zero-order chi connectivity index (χ0) is 18.7. The van der Waals surface area contributed by atoms with Gasteiger partial charge >= 0.3 is 0 Å². The number of anilines is 1. The number of aromatic nitrogens is 2. The van der Waals surface area contributed by atoms with Crippen molar-refractivity contribution in [3.05, 3.63) is 81.2 Å². The van der Waals surface area contributed by atoms with E-state index in [0.717, 1.165) is 18.1 Å². The second-order valence-corrected chi connectivity index (χ2v) is 6.56. The lowest BCUT2D eigenvalue weighted by atomic mass is 10.1. The summed E-state index contributed by atoms with van der Waals surface area (Å²) in [7, 11) is 0. The molecule has 3 rings (SSSR count). The fourth-order valence-corrected chi connectivity index (χ4v) is 2.97. The zero-order valence-electron chi connectivity index (χ0n) is 14.0. The molecule has 0 unspecified atom stereocenters. The Hall–Kier alpha value is -2.37. The Labute approximate surface area is 160 Å². The van der Waals surface area contributed by atoms with Crippen LogP contribution in [-0.4, -0.2) is 15.7 Å². The first-order valence-corrected chi connectivity index (χ1v) is 8.79. The van der Waals surface area contributed by atoms with Crippen LogP contribution in [0.5, 0.6) is 0 Å². The maximum Gasteiger partial charge on any atom is 0.258 e. The number of amides is 1. The third kappa shape index (κ3) is 4.06. The van der Waals surface area contributed by atoms with E-state index in [1.54, 1.807) is 16.9 Å². The van der Waals surface area contributed by atoms with Crippen LogP contribution in [0.15, 0.2) is 48.7 Å². The minimum absolute atomic E-state index is 0.00798. The number of nitrogens with zero attached hydrogens (tertiary/aromatic N) is 2. The summed E-state index contributed by atoms with van der Waals surface area (Å²) in [5.74, 6) is -0.750. The molecule has 0 saturated carbocycles. The largest absolute Gasteiger partial charge is 0.307 e. The zero-order valence-corrected chi connectivity index (χ0v) is 15.5. The monoisotopic (exact) mass is 391 g/mol. The van der Waals surface area contributed by atoms with Gasteiger partial charge in [0.1, 0.15) is 11.6 Å². The van der Waals surface area contributed by atoms with E-state index in [0.29, 0.717) is 12.4 Å². The van der Waals surface area contributed by atoms with Crippen LogP contribution in [0.2, 0.25) is 10.0 Å². The first-order valence-electron chi connectivity index (χ1n) is 8.03. The SMILES string of the molecule is CCc1ccc(Cn2nccc2NC(=O)c2cc(F)c(Cl)cc2Cl)cc1. The van der Waals surface area contributed by atoms with Crippen LogP contribution in [0.3, 0.4) is 0 Å². The molecule has 0 atom stereocenters. The summed E-state index contributed by atoms with van der Waals surface area (Å²) in [6.45, 7) is 2.59. The van der Waals surface area contributed by atoms with E-state index in [2.05, 4.69) is 29.5 Å². The summed E-state index contributed by atoms with van der Waals surface area (Å²) in [4.78, 5) is 12.4. The molecule has 1 heterocycles. The van der Waals surface area contributed by atoms with E-state index in [-0.39, 0.29) is 15.6 Å². The van der Waals surface area contributed by atoms with E-state index < -0.39 is 11.7 Å². The van der Waals surface area contributed by atoms with Crippen LogP contribution < -0.4 is 5.32 Å². The third-order valence-electron chi connectivity index (χ3n) is 3.98. The lowest BCUT2D eigenvalue weighted by molar-refractivity contribution is 0.102.